The molecule has 0 aliphatic heterocycles. The second-order valence-electron chi connectivity index (χ2n) is 15.7. The molecular weight excluding hydrogens is 659 g/mol. The number of quaternary nitrogens is 1. The van der Waals surface area contributed by atoms with E-state index in [0.29, 0.717) is 17.4 Å². The molecule has 0 rings (SSSR count). The van der Waals surface area contributed by atoms with Gasteiger partial charge in [0.05, 0.1) is 39.9 Å². The molecule has 3 unspecified atom stereocenters. The number of amides is 1. The zero-order valence-electron chi connectivity index (χ0n) is 34.1. The number of allylic oxidation sites excluding steroid dienone is 3. The van der Waals surface area contributed by atoms with Crippen molar-refractivity contribution < 1.29 is 32.9 Å². The largest absolute Gasteiger partial charge is 0.756 e. The van der Waals surface area contributed by atoms with Crippen molar-refractivity contribution in [2.24, 2.45) is 0 Å². The van der Waals surface area contributed by atoms with Gasteiger partial charge in [-0.1, -0.05) is 160 Å². The molecule has 0 heterocycles. The van der Waals surface area contributed by atoms with Crippen LogP contribution in [0.4, 0.5) is 0 Å². The zero-order chi connectivity index (χ0) is 37.9. The summed E-state index contributed by atoms with van der Waals surface area (Å²) in [5.41, 5.74) is 0. The fourth-order valence-electron chi connectivity index (χ4n) is 5.97. The second kappa shape index (κ2) is 34.7. The van der Waals surface area contributed by atoms with E-state index < -0.39 is 20.0 Å². The molecule has 0 radical (unpaired) electrons. The van der Waals surface area contributed by atoms with Gasteiger partial charge in [-0.05, 0) is 44.9 Å². The van der Waals surface area contributed by atoms with Crippen LogP contribution in [0.1, 0.15) is 187 Å². The SMILES string of the molecule is CCCCCCC/C=C\CCCCCCCC(=O)NC(COP(=O)([O-])OCC[N+](C)(C)C)C(O)/C=C/CCCCCCCCCCCCCCC. The Labute approximate surface area is 315 Å². The van der Waals surface area contributed by atoms with Crippen molar-refractivity contribution in [2.75, 3.05) is 40.9 Å². The highest BCUT2D eigenvalue weighted by molar-refractivity contribution is 7.45. The van der Waals surface area contributed by atoms with E-state index in [4.69, 9.17) is 9.05 Å². The van der Waals surface area contributed by atoms with Crippen molar-refractivity contribution in [3.8, 4) is 0 Å². The van der Waals surface area contributed by atoms with Crippen molar-refractivity contribution >= 4 is 13.7 Å². The third-order valence-corrected chi connectivity index (χ3v) is 10.4. The highest BCUT2D eigenvalue weighted by Crippen LogP contribution is 2.38. The quantitative estimate of drug-likeness (QED) is 0.0282. The van der Waals surface area contributed by atoms with Gasteiger partial charge in [0.25, 0.3) is 7.82 Å². The zero-order valence-corrected chi connectivity index (χ0v) is 35.0. The second-order valence-corrected chi connectivity index (χ2v) is 17.1. The molecule has 302 valence electrons. The first-order valence-corrected chi connectivity index (χ1v) is 22.7. The Morgan fingerprint density at radius 2 is 1.08 bits per heavy atom. The Balaban J connectivity index is 4.49. The highest BCUT2D eigenvalue weighted by Gasteiger charge is 2.23. The van der Waals surface area contributed by atoms with E-state index in [0.717, 1.165) is 51.4 Å². The predicted octanol–water partition coefficient (Wildman–Crippen LogP) is 10.7. The number of hydrogen-bond donors (Lipinski definition) is 2. The number of nitrogens with one attached hydrogen (secondary N) is 1. The summed E-state index contributed by atoms with van der Waals surface area (Å²) < 4.78 is 23.1. The molecule has 0 aromatic rings. The van der Waals surface area contributed by atoms with E-state index in [1.54, 1.807) is 6.08 Å². The summed E-state index contributed by atoms with van der Waals surface area (Å²) in [6.07, 6.45) is 39.3. The lowest BCUT2D eigenvalue weighted by Gasteiger charge is -2.29. The molecule has 0 saturated heterocycles. The standard InChI is InChI=1S/C42H83N2O6P/c1-6-8-10-12-14-16-18-20-22-23-25-27-29-31-33-35-41(45)40(39-50-51(47,48)49-38-37-44(3,4)5)43-42(46)36-34-32-30-28-26-24-21-19-17-15-13-11-9-7-2/h19,21,33,35,40-41,45H,6-18,20,22-32,34,36-39H2,1-5H3,(H-,43,46,47,48)/b21-19-,35-33+. The summed E-state index contributed by atoms with van der Waals surface area (Å²) in [7, 11) is 1.26. The summed E-state index contributed by atoms with van der Waals surface area (Å²) in [5, 5.41) is 13.7. The molecule has 8 nitrogen and oxygen atoms in total. The Morgan fingerprint density at radius 3 is 1.53 bits per heavy atom. The van der Waals surface area contributed by atoms with Crippen LogP contribution in [0.15, 0.2) is 24.3 Å². The van der Waals surface area contributed by atoms with E-state index >= 15 is 0 Å². The van der Waals surface area contributed by atoms with E-state index in [9.17, 15) is 19.4 Å². The first kappa shape index (κ1) is 50.0. The van der Waals surface area contributed by atoms with Gasteiger partial charge >= 0.3 is 0 Å². The number of hydrogen-bond acceptors (Lipinski definition) is 6. The van der Waals surface area contributed by atoms with Crippen LogP contribution in [0.25, 0.3) is 0 Å². The number of nitrogens with zero attached hydrogens (tertiary/aromatic N) is 1. The molecule has 0 aromatic heterocycles. The lowest BCUT2D eigenvalue weighted by molar-refractivity contribution is -0.870. The Hall–Kier alpha value is -1.02. The van der Waals surface area contributed by atoms with Crippen molar-refractivity contribution in [3.63, 3.8) is 0 Å². The lowest BCUT2D eigenvalue weighted by Crippen LogP contribution is -2.45. The summed E-state index contributed by atoms with van der Waals surface area (Å²) in [6.45, 7) is 4.62. The van der Waals surface area contributed by atoms with Crippen molar-refractivity contribution in [1.29, 1.82) is 0 Å². The average Bonchev–Trinajstić information content (AvgIpc) is 3.07. The summed E-state index contributed by atoms with van der Waals surface area (Å²) in [4.78, 5) is 25.2. The topological polar surface area (TPSA) is 108 Å². The number of rotatable bonds is 38. The molecule has 3 atom stereocenters. The van der Waals surface area contributed by atoms with E-state index in [1.165, 1.54) is 116 Å². The first-order valence-electron chi connectivity index (χ1n) is 21.2. The summed E-state index contributed by atoms with van der Waals surface area (Å²) >= 11 is 0. The van der Waals surface area contributed by atoms with E-state index in [1.807, 2.05) is 27.2 Å². The van der Waals surface area contributed by atoms with Gasteiger partial charge in [0.2, 0.25) is 5.91 Å². The van der Waals surface area contributed by atoms with Crippen LogP contribution in [0.2, 0.25) is 0 Å². The third kappa shape index (κ3) is 37.1. The normalized spacial score (nSPS) is 14.7. The number of phosphoric ester groups is 1. The first-order chi connectivity index (χ1) is 24.5. The molecule has 9 heteroatoms. The van der Waals surface area contributed by atoms with Gasteiger partial charge < -0.3 is 28.8 Å². The van der Waals surface area contributed by atoms with Crippen LogP contribution in [-0.4, -0.2) is 68.5 Å². The molecule has 1 amide bonds. The Bertz CT molecular complexity index is 891. The maximum Gasteiger partial charge on any atom is 0.268 e. The van der Waals surface area contributed by atoms with Crippen LogP contribution >= 0.6 is 7.82 Å². The van der Waals surface area contributed by atoms with Crippen LogP contribution in [0.3, 0.4) is 0 Å². The van der Waals surface area contributed by atoms with Crippen LogP contribution in [0, 0.1) is 0 Å². The highest BCUT2D eigenvalue weighted by atomic mass is 31.2. The molecule has 0 fully saturated rings. The van der Waals surface area contributed by atoms with Gasteiger partial charge in [0.1, 0.15) is 13.2 Å². The Kier molecular flexibility index (Phi) is 34.0. The molecule has 0 saturated carbocycles. The predicted molar refractivity (Wildman–Crippen MR) is 215 cm³/mol. The number of aliphatic hydroxyl groups excluding tert-OH is 1. The van der Waals surface area contributed by atoms with Gasteiger partial charge in [-0.25, -0.2) is 0 Å². The molecule has 0 aromatic carbocycles. The minimum Gasteiger partial charge on any atom is -0.756 e. The minimum absolute atomic E-state index is 0.00169. The Morgan fingerprint density at radius 1 is 0.667 bits per heavy atom. The van der Waals surface area contributed by atoms with Crippen molar-refractivity contribution in [2.45, 2.75) is 199 Å². The van der Waals surface area contributed by atoms with E-state index in [-0.39, 0.29) is 19.1 Å². The number of aliphatic hydroxyl groups is 1. The number of unbranched alkanes of at least 4 members (excludes halogenated alkanes) is 23. The molecule has 2 N–H and O–H groups in total. The number of carbonyl (C=O) groups is 1. The fourth-order valence-corrected chi connectivity index (χ4v) is 6.69. The van der Waals surface area contributed by atoms with Gasteiger partial charge in [-0.15, -0.1) is 0 Å². The summed E-state index contributed by atoms with van der Waals surface area (Å²) in [6, 6.07) is -0.886. The molecule has 51 heavy (non-hydrogen) atoms. The number of likely N-dealkylation sites (N-methyl/N-ethyl adjacent to an activating group) is 1. The van der Waals surface area contributed by atoms with Gasteiger partial charge in [-0.2, -0.15) is 0 Å². The third-order valence-electron chi connectivity index (χ3n) is 9.41. The molecule has 0 bridgehead atoms. The molecule has 0 aliphatic carbocycles. The summed E-state index contributed by atoms with van der Waals surface area (Å²) in [5.74, 6) is -0.207. The average molecular weight is 743 g/mol. The smallest absolute Gasteiger partial charge is 0.268 e. The molecule has 0 spiro atoms. The minimum atomic E-state index is -4.58. The maximum absolute atomic E-state index is 12.8. The monoisotopic (exact) mass is 743 g/mol. The maximum atomic E-state index is 12.8. The van der Waals surface area contributed by atoms with Crippen molar-refractivity contribution in [1.82, 2.24) is 5.32 Å². The fraction of sp³-hybridized carbons (Fsp3) is 0.881. The van der Waals surface area contributed by atoms with Crippen LogP contribution in [0.5, 0.6) is 0 Å². The van der Waals surface area contributed by atoms with Gasteiger partial charge in [0, 0.05) is 6.42 Å². The number of phosphoric acid groups is 1. The van der Waals surface area contributed by atoms with Gasteiger partial charge in [0.15, 0.2) is 0 Å². The van der Waals surface area contributed by atoms with Crippen LogP contribution in [-0.2, 0) is 18.4 Å². The molecular formula is C42H83N2O6P. The lowest BCUT2D eigenvalue weighted by atomic mass is 10.0. The van der Waals surface area contributed by atoms with E-state index in [2.05, 4.69) is 31.3 Å². The number of carbonyl (C=O) groups excluding carboxylic acids is 1. The van der Waals surface area contributed by atoms with Crippen LogP contribution < -0.4 is 10.2 Å². The molecule has 0 aliphatic rings. The van der Waals surface area contributed by atoms with Crippen molar-refractivity contribution in [3.05, 3.63) is 24.3 Å². The van der Waals surface area contributed by atoms with Gasteiger partial charge in [-0.3, -0.25) is 9.36 Å².